The molecule has 27 heavy (non-hydrogen) atoms. The molecule has 1 aromatic rings. The van der Waals surface area contributed by atoms with Gasteiger partial charge in [0.25, 0.3) is 0 Å². The zero-order valence-electron chi connectivity index (χ0n) is 16.6. The highest BCUT2D eigenvalue weighted by Gasteiger charge is 2.23. The van der Waals surface area contributed by atoms with Gasteiger partial charge in [0.1, 0.15) is 5.75 Å². The van der Waals surface area contributed by atoms with E-state index in [1.54, 1.807) is 7.11 Å². The number of hydrogen-bond acceptors (Lipinski definition) is 4. The summed E-state index contributed by atoms with van der Waals surface area (Å²) >= 11 is 0. The number of rotatable bonds is 8. The zero-order chi connectivity index (χ0) is 18.9. The normalized spacial score (nSPS) is 20.2. The van der Waals surface area contributed by atoms with Crippen LogP contribution in [-0.2, 0) is 9.53 Å². The van der Waals surface area contributed by atoms with Crippen LogP contribution in [0.4, 0.5) is 0 Å². The van der Waals surface area contributed by atoms with Crippen molar-refractivity contribution in [2.45, 2.75) is 51.0 Å². The van der Waals surface area contributed by atoms with Gasteiger partial charge in [-0.2, -0.15) is 0 Å². The smallest absolute Gasteiger partial charge is 0.220 e. The highest BCUT2D eigenvalue weighted by molar-refractivity contribution is 5.75. The Hall–Kier alpha value is -1.59. The maximum absolute atomic E-state index is 12.4. The third-order valence-corrected chi connectivity index (χ3v) is 5.98. The molecule has 0 aromatic heterocycles. The van der Waals surface area contributed by atoms with Gasteiger partial charge in [0.05, 0.1) is 26.4 Å². The van der Waals surface area contributed by atoms with Crippen LogP contribution in [0.3, 0.4) is 0 Å². The maximum Gasteiger partial charge on any atom is 0.220 e. The monoisotopic (exact) mass is 374 g/mol. The van der Waals surface area contributed by atoms with Crippen LogP contribution in [0.1, 0.15) is 56.6 Å². The van der Waals surface area contributed by atoms with Crippen LogP contribution < -0.4 is 10.1 Å². The van der Waals surface area contributed by atoms with Crippen LogP contribution in [0.25, 0.3) is 0 Å². The van der Waals surface area contributed by atoms with Gasteiger partial charge in [0.2, 0.25) is 5.91 Å². The van der Waals surface area contributed by atoms with Gasteiger partial charge < -0.3 is 14.8 Å². The molecule has 0 bridgehead atoms. The maximum atomic E-state index is 12.4. The molecule has 0 radical (unpaired) electrons. The van der Waals surface area contributed by atoms with Crippen molar-refractivity contribution in [2.24, 2.45) is 5.92 Å². The van der Waals surface area contributed by atoms with E-state index in [4.69, 9.17) is 9.47 Å². The molecular formula is C22H34N2O3. The summed E-state index contributed by atoms with van der Waals surface area (Å²) in [6, 6.07) is 8.38. The lowest BCUT2D eigenvalue weighted by molar-refractivity contribution is -0.121. The summed E-state index contributed by atoms with van der Waals surface area (Å²) in [7, 11) is 1.68. The summed E-state index contributed by atoms with van der Waals surface area (Å²) in [6.07, 6.45) is 8.34. The van der Waals surface area contributed by atoms with Crippen molar-refractivity contribution in [3.05, 3.63) is 29.8 Å². The molecule has 1 saturated carbocycles. The Labute approximate surface area is 163 Å². The van der Waals surface area contributed by atoms with E-state index in [-0.39, 0.29) is 11.9 Å². The number of nitrogens with one attached hydrogen (secondary N) is 1. The van der Waals surface area contributed by atoms with Gasteiger partial charge in [0.15, 0.2) is 0 Å². The molecular weight excluding hydrogens is 340 g/mol. The topological polar surface area (TPSA) is 50.8 Å². The summed E-state index contributed by atoms with van der Waals surface area (Å²) < 4.78 is 10.8. The lowest BCUT2D eigenvalue weighted by Gasteiger charge is -2.35. The van der Waals surface area contributed by atoms with E-state index < -0.39 is 0 Å². The number of nitrogens with zero attached hydrogens (tertiary/aromatic N) is 1. The summed E-state index contributed by atoms with van der Waals surface area (Å²) in [4.78, 5) is 14.8. The van der Waals surface area contributed by atoms with Crippen LogP contribution in [-0.4, -0.2) is 50.8 Å². The molecule has 5 heteroatoms. The number of methoxy groups -OCH3 is 1. The molecule has 1 aliphatic heterocycles. The summed E-state index contributed by atoms with van der Waals surface area (Å²) in [6.45, 7) is 3.95. The van der Waals surface area contributed by atoms with Crippen molar-refractivity contribution in [3.63, 3.8) is 0 Å². The molecule has 1 saturated heterocycles. The van der Waals surface area contributed by atoms with Gasteiger partial charge in [-0.25, -0.2) is 0 Å². The second kappa shape index (κ2) is 10.7. The lowest BCUT2D eigenvalue weighted by atomic mass is 9.86. The van der Waals surface area contributed by atoms with Crippen LogP contribution in [0.2, 0.25) is 0 Å². The van der Waals surface area contributed by atoms with Gasteiger partial charge in [-0.1, -0.05) is 44.2 Å². The highest BCUT2D eigenvalue weighted by atomic mass is 16.5. The van der Waals surface area contributed by atoms with Crippen molar-refractivity contribution in [3.8, 4) is 5.75 Å². The number of amides is 1. The van der Waals surface area contributed by atoms with E-state index in [2.05, 4.69) is 22.3 Å². The van der Waals surface area contributed by atoms with E-state index in [0.717, 1.165) is 44.4 Å². The van der Waals surface area contributed by atoms with Crippen molar-refractivity contribution in [1.82, 2.24) is 10.2 Å². The fourth-order valence-electron chi connectivity index (χ4n) is 4.28. The molecule has 1 heterocycles. The predicted octanol–water partition coefficient (Wildman–Crippen LogP) is 3.55. The van der Waals surface area contributed by atoms with E-state index in [1.165, 1.54) is 37.7 Å². The number of morpholine rings is 1. The minimum Gasteiger partial charge on any atom is -0.497 e. The van der Waals surface area contributed by atoms with Crippen LogP contribution in [0, 0.1) is 5.92 Å². The minimum absolute atomic E-state index is 0.179. The molecule has 1 aliphatic carbocycles. The number of ether oxygens (including phenoxy) is 2. The Morgan fingerprint density at radius 3 is 2.56 bits per heavy atom. The molecule has 1 atom stereocenters. The fraction of sp³-hybridized carbons (Fsp3) is 0.682. The van der Waals surface area contributed by atoms with Gasteiger partial charge in [-0.05, 0) is 30.0 Å². The molecule has 1 amide bonds. The van der Waals surface area contributed by atoms with E-state index in [0.29, 0.717) is 13.0 Å². The minimum atomic E-state index is 0.179. The summed E-state index contributed by atoms with van der Waals surface area (Å²) in [5, 5.41) is 3.19. The summed E-state index contributed by atoms with van der Waals surface area (Å²) in [5.41, 5.74) is 1.21. The first-order valence-corrected chi connectivity index (χ1v) is 10.5. The number of carbonyl (C=O) groups is 1. The molecule has 3 rings (SSSR count). The van der Waals surface area contributed by atoms with Crippen LogP contribution >= 0.6 is 0 Å². The standard InChI is InChI=1S/C22H34N2O3/c1-26-20-10-8-19(9-11-20)21(24-13-15-27-16-14-24)17-23-22(25)12-7-18-5-3-2-4-6-18/h8-11,18,21H,2-7,12-17H2,1H3,(H,23,25). The van der Waals surface area contributed by atoms with E-state index in [9.17, 15) is 4.79 Å². The fourth-order valence-corrected chi connectivity index (χ4v) is 4.28. The van der Waals surface area contributed by atoms with Crippen LogP contribution in [0.5, 0.6) is 5.75 Å². The van der Waals surface area contributed by atoms with Crippen molar-refractivity contribution in [1.29, 1.82) is 0 Å². The largest absolute Gasteiger partial charge is 0.497 e. The molecule has 1 unspecified atom stereocenters. The number of carbonyl (C=O) groups excluding carboxylic acids is 1. The number of benzene rings is 1. The Kier molecular flexibility index (Phi) is 7.96. The SMILES string of the molecule is COc1ccc(C(CNC(=O)CCC2CCCCC2)N2CCOCC2)cc1. The second-order valence-corrected chi connectivity index (χ2v) is 7.78. The van der Waals surface area contributed by atoms with Gasteiger partial charge in [-0.3, -0.25) is 9.69 Å². The quantitative estimate of drug-likeness (QED) is 0.756. The van der Waals surface area contributed by atoms with Crippen molar-refractivity contribution >= 4 is 5.91 Å². The van der Waals surface area contributed by atoms with Crippen molar-refractivity contribution in [2.75, 3.05) is 40.0 Å². The third-order valence-electron chi connectivity index (χ3n) is 5.98. The van der Waals surface area contributed by atoms with E-state index in [1.807, 2.05) is 12.1 Å². The Balaban J connectivity index is 1.54. The molecule has 1 aromatic carbocycles. The molecule has 0 spiro atoms. The van der Waals surface area contributed by atoms with Gasteiger partial charge in [0, 0.05) is 26.1 Å². The molecule has 2 fully saturated rings. The Morgan fingerprint density at radius 2 is 1.89 bits per heavy atom. The van der Waals surface area contributed by atoms with Crippen LogP contribution in [0.15, 0.2) is 24.3 Å². The van der Waals surface area contributed by atoms with Gasteiger partial charge >= 0.3 is 0 Å². The Morgan fingerprint density at radius 1 is 1.19 bits per heavy atom. The first-order chi connectivity index (χ1) is 13.3. The first kappa shape index (κ1) is 20.2. The lowest BCUT2D eigenvalue weighted by Crippen LogP contribution is -2.43. The molecule has 1 N–H and O–H groups in total. The third kappa shape index (κ3) is 6.22. The number of hydrogen-bond donors (Lipinski definition) is 1. The van der Waals surface area contributed by atoms with Gasteiger partial charge in [-0.15, -0.1) is 0 Å². The zero-order valence-corrected chi connectivity index (χ0v) is 16.6. The highest BCUT2D eigenvalue weighted by Crippen LogP contribution is 2.27. The second-order valence-electron chi connectivity index (χ2n) is 7.78. The predicted molar refractivity (Wildman–Crippen MR) is 107 cm³/mol. The molecule has 2 aliphatic rings. The average molecular weight is 375 g/mol. The first-order valence-electron chi connectivity index (χ1n) is 10.5. The molecule has 150 valence electrons. The summed E-state index contributed by atoms with van der Waals surface area (Å²) in [5.74, 6) is 1.80. The molecule has 5 nitrogen and oxygen atoms in total. The Bertz CT molecular complexity index is 563. The van der Waals surface area contributed by atoms with E-state index >= 15 is 0 Å². The van der Waals surface area contributed by atoms with Crippen molar-refractivity contribution < 1.29 is 14.3 Å². The average Bonchev–Trinajstić information content (AvgIpc) is 2.74.